The summed E-state index contributed by atoms with van der Waals surface area (Å²) in [5, 5.41) is 3.22. The number of benzene rings is 2. The predicted octanol–water partition coefficient (Wildman–Crippen LogP) is 4.26. The van der Waals surface area contributed by atoms with Gasteiger partial charge in [-0.1, -0.05) is 23.2 Å². The van der Waals surface area contributed by atoms with Crippen LogP contribution in [0.1, 0.15) is 0 Å². The first-order chi connectivity index (χ1) is 14.7. The molecular formula is C19H12Cl2N4O4S2. The number of carbonyl (C=O) groups excluding carboxylic acids is 1. The highest BCUT2D eigenvalue weighted by molar-refractivity contribution is 7.92. The van der Waals surface area contributed by atoms with Gasteiger partial charge in [-0.15, -0.1) is 11.3 Å². The Bertz CT molecular complexity index is 1460. The summed E-state index contributed by atoms with van der Waals surface area (Å²) >= 11 is 12.5. The number of fused-ring (bicyclic) bond motifs is 1. The highest BCUT2D eigenvalue weighted by atomic mass is 35.5. The monoisotopic (exact) mass is 494 g/mol. The molecule has 0 saturated heterocycles. The van der Waals surface area contributed by atoms with Gasteiger partial charge in [0.2, 0.25) is 0 Å². The van der Waals surface area contributed by atoms with Crippen molar-refractivity contribution >= 4 is 67.2 Å². The van der Waals surface area contributed by atoms with Gasteiger partial charge in [-0.05, 0) is 54.6 Å². The van der Waals surface area contributed by atoms with E-state index in [1.165, 1.54) is 35.2 Å². The second-order valence-electron chi connectivity index (χ2n) is 6.25. The normalized spacial score (nSPS) is 11.4. The van der Waals surface area contributed by atoms with Gasteiger partial charge in [-0.25, -0.2) is 22.9 Å². The number of thiophene rings is 1. The molecule has 2 heterocycles. The van der Waals surface area contributed by atoms with Gasteiger partial charge in [0.05, 0.1) is 20.9 Å². The minimum Gasteiger partial charge on any atom is -0.307 e. The van der Waals surface area contributed by atoms with E-state index in [4.69, 9.17) is 23.2 Å². The van der Waals surface area contributed by atoms with Crippen molar-refractivity contribution in [2.24, 2.45) is 0 Å². The molecule has 12 heteroatoms. The molecule has 0 atom stereocenters. The second-order valence-corrected chi connectivity index (χ2v) is 10.3. The van der Waals surface area contributed by atoms with Gasteiger partial charge in [0.1, 0.15) is 10.5 Å². The van der Waals surface area contributed by atoms with Crippen molar-refractivity contribution in [1.82, 2.24) is 14.3 Å². The van der Waals surface area contributed by atoms with Gasteiger partial charge in [0.25, 0.3) is 15.6 Å². The van der Waals surface area contributed by atoms with Crippen LogP contribution in [0, 0.1) is 0 Å². The number of hydrogen-bond acceptors (Lipinski definition) is 6. The first-order valence-corrected chi connectivity index (χ1v) is 11.6. The quantitative estimate of drug-likeness (QED) is 0.440. The maximum absolute atomic E-state index is 12.7. The Kier molecular flexibility index (Phi) is 5.71. The highest BCUT2D eigenvalue weighted by Gasteiger charge is 2.19. The van der Waals surface area contributed by atoms with Crippen LogP contribution in [0.15, 0.2) is 69.9 Å². The van der Waals surface area contributed by atoms with Gasteiger partial charge < -0.3 is 5.32 Å². The maximum Gasteiger partial charge on any atom is 0.333 e. The van der Waals surface area contributed by atoms with Crippen LogP contribution >= 0.6 is 34.5 Å². The zero-order valence-corrected chi connectivity index (χ0v) is 18.5. The molecule has 0 radical (unpaired) electrons. The number of hydrogen-bond donors (Lipinski definition) is 2. The third kappa shape index (κ3) is 4.57. The predicted molar refractivity (Wildman–Crippen MR) is 121 cm³/mol. The molecule has 158 valence electrons. The second kappa shape index (κ2) is 8.31. The summed E-state index contributed by atoms with van der Waals surface area (Å²) in [6, 6.07) is 12.9. The number of sulfonamides is 1. The molecular weight excluding hydrogens is 483 g/mol. The molecule has 8 nitrogen and oxygen atoms in total. The Morgan fingerprint density at radius 3 is 2.45 bits per heavy atom. The minimum absolute atomic E-state index is 0.0775. The number of amides is 2. The molecule has 4 rings (SSSR count). The van der Waals surface area contributed by atoms with E-state index in [9.17, 15) is 18.0 Å². The van der Waals surface area contributed by atoms with Crippen LogP contribution in [0.2, 0.25) is 9.36 Å². The molecule has 2 aromatic carbocycles. The Morgan fingerprint density at radius 1 is 1.03 bits per heavy atom. The number of nitrogens with zero attached hydrogens (tertiary/aromatic N) is 2. The average molecular weight is 495 g/mol. The summed E-state index contributed by atoms with van der Waals surface area (Å²) in [6.07, 6.45) is 1.40. The van der Waals surface area contributed by atoms with Gasteiger partial charge in [0, 0.05) is 10.7 Å². The Labute approximate surface area is 190 Å². The first-order valence-electron chi connectivity index (χ1n) is 8.59. The molecule has 4 aromatic rings. The molecule has 2 aromatic heterocycles. The van der Waals surface area contributed by atoms with Gasteiger partial charge >= 0.3 is 6.03 Å². The minimum atomic E-state index is -4.03. The summed E-state index contributed by atoms with van der Waals surface area (Å²) in [4.78, 5) is 29.1. The first kappa shape index (κ1) is 21.3. The topological polar surface area (TPSA) is 110 Å². The van der Waals surface area contributed by atoms with Gasteiger partial charge in [-0.2, -0.15) is 0 Å². The largest absolute Gasteiger partial charge is 0.333 e. The lowest BCUT2D eigenvalue weighted by Gasteiger charge is -2.10. The van der Waals surface area contributed by atoms with Gasteiger partial charge in [0.15, 0.2) is 0 Å². The molecule has 2 N–H and O–H groups in total. The number of urea groups is 1. The van der Waals surface area contributed by atoms with E-state index < -0.39 is 16.1 Å². The summed E-state index contributed by atoms with van der Waals surface area (Å²) in [7, 11) is -4.03. The molecule has 31 heavy (non-hydrogen) atoms. The molecule has 2 amide bonds. The van der Waals surface area contributed by atoms with Crippen LogP contribution in [0.25, 0.3) is 16.6 Å². The van der Waals surface area contributed by atoms with E-state index in [2.05, 4.69) is 10.3 Å². The fraction of sp³-hybridized carbons (Fsp3) is 0. The van der Waals surface area contributed by atoms with Crippen LogP contribution in [-0.4, -0.2) is 24.0 Å². The van der Waals surface area contributed by atoms with Crippen molar-refractivity contribution in [3.8, 4) is 5.69 Å². The third-order valence-corrected chi connectivity index (χ3v) is 7.45. The zero-order chi connectivity index (χ0) is 22.2. The van der Waals surface area contributed by atoms with E-state index in [1.54, 1.807) is 30.3 Å². The van der Waals surface area contributed by atoms with Crippen LogP contribution in [0.5, 0.6) is 0 Å². The number of rotatable bonds is 4. The molecule has 0 fully saturated rings. The number of anilines is 1. The van der Waals surface area contributed by atoms with Crippen molar-refractivity contribution in [3.05, 3.63) is 80.6 Å². The van der Waals surface area contributed by atoms with E-state index in [1.807, 2.05) is 4.72 Å². The van der Waals surface area contributed by atoms with Crippen molar-refractivity contribution in [2.75, 3.05) is 5.32 Å². The lowest BCUT2D eigenvalue weighted by molar-refractivity contribution is 0.256. The van der Waals surface area contributed by atoms with Crippen molar-refractivity contribution in [3.63, 3.8) is 0 Å². The van der Waals surface area contributed by atoms with Crippen LogP contribution < -0.4 is 15.6 Å². The SMILES string of the molecule is O=C(Nc1ccc(-n2cnc3ccc(Cl)cc3c2=O)cc1)NS(=O)(=O)c1ccc(Cl)s1. The Hall–Kier alpha value is -2.92. The van der Waals surface area contributed by atoms with E-state index in [0.29, 0.717) is 27.3 Å². The molecule has 0 bridgehead atoms. The van der Waals surface area contributed by atoms with Crippen molar-refractivity contribution in [1.29, 1.82) is 0 Å². The molecule has 0 aliphatic heterocycles. The van der Waals surface area contributed by atoms with Crippen LogP contribution in [0.4, 0.5) is 10.5 Å². The molecule has 0 saturated carbocycles. The van der Waals surface area contributed by atoms with E-state index in [0.717, 1.165) is 11.3 Å². The molecule has 0 spiro atoms. The van der Waals surface area contributed by atoms with Crippen molar-refractivity contribution < 1.29 is 13.2 Å². The summed E-state index contributed by atoms with van der Waals surface area (Å²) in [6.45, 7) is 0. The fourth-order valence-corrected chi connectivity index (χ4v) is 5.32. The Morgan fingerprint density at radius 2 is 1.77 bits per heavy atom. The van der Waals surface area contributed by atoms with Crippen LogP contribution in [0.3, 0.4) is 0 Å². The number of aromatic nitrogens is 2. The standard InChI is InChI=1S/C19H12Cl2N4O4S2/c20-11-1-6-15-14(9-11)18(26)25(10-22-15)13-4-2-12(3-5-13)23-19(27)24-31(28,29)17-8-7-16(21)30-17/h1-10H,(H2,23,24,27). The molecule has 0 unspecified atom stereocenters. The number of halogens is 2. The lowest BCUT2D eigenvalue weighted by atomic mass is 10.2. The number of carbonyl (C=O) groups is 1. The summed E-state index contributed by atoms with van der Waals surface area (Å²) < 4.78 is 27.8. The lowest BCUT2D eigenvalue weighted by Crippen LogP contribution is -2.33. The van der Waals surface area contributed by atoms with Gasteiger partial charge in [-0.3, -0.25) is 9.36 Å². The average Bonchev–Trinajstić information content (AvgIpc) is 3.16. The Balaban J connectivity index is 1.52. The van der Waals surface area contributed by atoms with Crippen LogP contribution in [-0.2, 0) is 10.0 Å². The summed E-state index contributed by atoms with van der Waals surface area (Å²) in [5.41, 5.74) is 1.05. The number of nitrogens with one attached hydrogen (secondary N) is 2. The van der Waals surface area contributed by atoms with E-state index in [-0.39, 0.29) is 14.1 Å². The highest BCUT2D eigenvalue weighted by Crippen LogP contribution is 2.25. The summed E-state index contributed by atoms with van der Waals surface area (Å²) in [5.74, 6) is 0. The zero-order valence-electron chi connectivity index (χ0n) is 15.4. The maximum atomic E-state index is 12.7. The smallest absolute Gasteiger partial charge is 0.307 e. The van der Waals surface area contributed by atoms with E-state index >= 15 is 0 Å². The van der Waals surface area contributed by atoms with Crippen molar-refractivity contribution in [2.45, 2.75) is 4.21 Å². The fourth-order valence-electron chi connectivity index (χ4n) is 2.75. The molecule has 0 aliphatic carbocycles. The molecule has 0 aliphatic rings. The third-order valence-electron chi connectivity index (χ3n) is 4.16.